The summed E-state index contributed by atoms with van der Waals surface area (Å²) in [5.41, 5.74) is 4.27. The second-order valence-electron chi connectivity index (χ2n) is 5.55. The molecule has 0 fully saturated rings. The lowest BCUT2D eigenvalue weighted by molar-refractivity contribution is 0.560. The Bertz CT molecular complexity index is 592. The fraction of sp³-hybridized carbons (Fsp3) is 0.211. The van der Waals surface area contributed by atoms with Crippen LogP contribution in [-0.4, -0.2) is 0 Å². The van der Waals surface area contributed by atoms with Crippen LogP contribution in [0, 0.1) is 5.92 Å². The summed E-state index contributed by atoms with van der Waals surface area (Å²) >= 11 is 0. The van der Waals surface area contributed by atoms with E-state index < -0.39 is 0 Å². The van der Waals surface area contributed by atoms with E-state index in [2.05, 4.69) is 80.6 Å². The highest BCUT2D eigenvalue weighted by Gasteiger charge is 2.37. The zero-order chi connectivity index (χ0) is 13.3. The van der Waals surface area contributed by atoms with Gasteiger partial charge in [0, 0.05) is 5.41 Å². The van der Waals surface area contributed by atoms with Gasteiger partial charge in [-0.25, -0.2) is 0 Å². The number of fused-ring (bicyclic) bond motifs is 1. The molecule has 0 amide bonds. The fourth-order valence-corrected chi connectivity index (χ4v) is 3.06. The predicted molar refractivity (Wildman–Crippen MR) is 81.9 cm³/mol. The van der Waals surface area contributed by atoms with E-state index in [4.69, 9.17) is 0 Å². The summed E-state index contributed by atoms with van der Waals surface area (Å²) in [5.74, 6) is 1.46. The Morgan fingerprint density at radius 2 is 1.58 bits per heavy atom. The average molecular weight is 247 g/mol. The summed E-state index contributed by atoms with van der Waals surface area (Å²) in [5, 5.41) is 0. The van der Waals surface area contributed by atoms with E-state index in [-0.39, 0.29) is 5.41 Å². The molecule has 0 N–H and O–H groups in total. The highest BCUT2D eigenvalue weighted by atomic mass is 14.4. The zero-order valence-electron chi connectivity index (χ0n) is 11.6. The van der Waals surface area contributed by atoms with E-state index >= 15 is 0 Å². The Labute approximate surface area is 115 Å². The van der Waals surface area contributed by atoms with Crippen molar-refractivity contribution in [1.29, 1.82) is 0 Å². The van der Waals surface area contributed by atoms with Crippen molar-refractivity contribution in [3.8, 4) is 0 Å². The van der Waals surface area contributed by atoms with Crippen molar-refractivity contribution in [2.45, 2.75) is 25.7 Å². The topological polar surface area (TPSA) is 0 Å². The standard InChI is InChI=1S/C19H19/c1-15(2)19(14-16-8-4-3-5-9-16)13-12-17-10-6-7-11-18(17)19/h3-13H,14H2,1-2H3. The van der Waals surface area contributed by atoms with Gasteiger partial charge in [-0.05, 0) is 29.0 Å². The number of hydrogen-bond donors (Lipinski definition) is 0. The first-order chi connectivity index (χ1) is 9.22. The van der Waals surface area contributed by atoms with Crippen LogP contribution in [0.3, 0.4) is 0 Å². The van der Waals surface area contributed by atoms with Crippen LogP contribution >= 0.6 is 0 Å². The molecule has 0 saturated carbocycles. The van der Waals surface area contributed by atoms with Crippen LogP contribution in [0.4, 0.5) is 0 Å². The monoisotopic (exact) mass is 247 g/mol. The molecule has 0 bridgehead atoms. The lowest BCUT2D eigenvalue weighted by atomic mass is 9.69. The third-order valence-electron chi connectivity index (χ3n) is 4.21. The van der Waals surface area contributed by atoms with Crippen LogP contribution in [0.2, 0.25) is 0 Å². The highest BCUT2D eigenvalue weighted by molar-refractivity contribution is 5.67. The van der Waals surface area contributed by atoms with Gasteiger partial charge in [0.1, 0.15) is 0 Å². The molecule has 2 aromatic rings. The minimum atomic E-state index is 0.0674. The molecule has 0 heteroatoms. The zero-order valence-corrected chi connectivity index (χ0v) is 11.6. The number of allylic oxidation sites excluding steroid dienone is 1. The first kappa shape index (κ1) is 12.2. The summed E-state index contributed by atoms with van der Waals surface area (Å²) in [6, 6.07) is 19.5. The molecule has 3 rings (SSSR count). The Morgan fingerprint density at radius 1 is 0.895 bits per heavy atom. The molecule has 0 aromatic heterocycles. The molecule has 1 aliphatic carbocycles. The molecule has 95 valence electrons. The normalized spacial score (nSPS) is 20.8. The molecular weight excluding hydrogens is 228 g/mol. The van der Waals surface area contributed by atoms with Crippen LogP contribution in [0.25, 0.3) is 6.08 Å². The summed E-state index contributed by atoms with van der Waals surface area (Å²) in [7, 11) is 0. The van der Waals surface area contributed by atoms with Gasteiger partial charge in [0.2, 0.25) is 0 Å². The molecule has 1 radical (unpaired) electrons. The van der Waals surface area contributed by atoms with E-state index in [0.29, 0.717) is 0 Å². The lowest BCUT2D eigenvalue weighted by Gasteiger charge is -2.33. The minimum absolute atomic E-state index is 0.0674. The smallest absolute Gasteiger partial charge is 0.0238 e. The van der Waals surface area contributed by atoms with Gasteiger partial charge in [0.25, 0.3) is 0 Å². The quantitative estimate of drug-likeness (QED) is 0.730. The molecule has 0 nitrogen and oxygen atoms in total. The largest absolute Gasteiger partial charge is 0.0724 e. The van der Waals surface area contributed by atoms with E-state index in [1.807, 2.05) is 0 Å². The Hall–Kier alpha value is -1.82. The van der Waals surface area contributed by atoms with Gasteiger partial charge in [-0.3, -0.25) is 0 Å². The second-order valence-corrected chi connectivity index (χ2v) is 5.55. The van der Waals surface area contributed by atoms with Gasteiger partial charge in [0.15, 0.2) is 0 Å². The van der Waals surface area contributed by atoms with Crippen LogP contribution in [0.1, 0.15) is 30.5 Å². The summed E-state index contributed by atoms with van der Waals surface area (Å²) in [6.45, 7) is 4.49. The van der Waals surface area contributed by atoms with Gasteiger partial charge in [-0.15, -0.1) is 0 Å². The molecule has 1 unspecified atom stereocenters. The van der Waals surface area contributed by atoms with Gasteiger partial charge < -0.3 is 0 Å². The van der Waals surface area contributed by atoms with Crippen LogP contribution in [-0.2, 0) is 11.8 Å². The molecule has 1 atom stereocenters. The summed E-state index contributed by atoms with van der Waals surface area (Å²) < 4.78 is 0. The van der Waals surface area contributed by atoms with Gasteiger partial charge in [-0.2, -0.15) is 0 Å². The minimum Gasteiger partial charge on any atom is -0.0724 e. The van der Waals surface area contributed by atoms with Crippen molar-refractivity contribution in [3.63, 3.8) is 0 Å². The lowest BCUT2D eigenvalue weighted by Crippen LogP contribution is -2.30. The molecule has 1 aliphatic rings. The fourth-order valence-electron chi connectivity index (χ4n) is 3.06. The van der Waals surface area contributed by atoms with Crippen LogP contribution in [0.15, 0.2) is 60.7 Å². The number of benzene rings is 2. The van der Waals surface area contributed by atoms with Crippen molar-refractivity contribution < 1.29 is 0 Å². The number of rotatable bonds is 3. The van der Waals surface area contributed by atoms with Crippen molar-refractivity contribution >= 4 is 6.08 Å². The SMILES string of the molecule is C[C](C)C1(Cc2ccccc2)C=Cc2ccccc21. The molecule has 0 spiro atoms. The predicted octanol–water partition coefficient (Wildman–Crippen LogP) is 4.81. The highest BCUT2D eigenvalue weighted by Crippen LogP contribution is 2.44. The Balaban J connectivity index is 2.06. The van der Waals surface area contributed by atoms with Gasteiger partial charge in [0.05, 0.1) is 0 Å². The maximum atomic E-state index is 2.38. The average Bonchev–Trinajstić information content (AvgIpc) is 2.81. The molecular formula is C19H19. The third kappa shape index (κ3) is 2.02. The van der Waals surface area contributed by atoms with Crippen molar-refractivity contribution in [2.75, 3.05) is 0 Å². The Morgan fingerprint density at radius 3 is 2.32 bits per heavy atom. The van der Waals surface area contributed by atoms with E-state index in [1.165, 1.54) is 22.6 Å². The Kier molecular flexibility index (Phi) is 3.02. The maximum absolute atomic E-state index is 2.38. The van der Waals surface area contributed by atoms with Gasteiger partial charge in [-0.1, -0.05) is 80.6 Å². The first-order valence-corrected chi connectivity index (χ1v) is 6.86. The van der Waals surface area contributed by atoms with Gasteiger partial charge >= 0.3 is 0 Å². The summed E-state index contributed by atoms with van der Waals surface area (Å²) in [4.78, 5) is 0. The van der Waals surface area contributed by atoms with Crippen molar-refractivity contribution in [1.82, 2.24) is 0 Å². The molecule has 19 heavy (non-hydrogen) atoms. The first-order valence-electron chi connectivity index (χ1n) is 6.86. The second kappa shape index (κ2) is 4.70. The van der Waals surface area contributed by atoms with Crippen molar-refractivity contribution in [2.24, 2.45) is 0 Å². The molecule has 0 saturated heterocycles. The van der Waals surface area contributed by atoms with E-state index in [1.54, 1.807) is 0 Å². The van der Waals surface area contributed by atoms with Crippen LogP contribution < -0.4 is 0 Å². The molecule has 2 aromatic carbocycles. The number of hydrogen-bond acceptors (Lipinski definition) is 0. The molecule has 0 aliphatic heterocycles. The maximum Gasteiger partial charge on any atom is 0.0238 e. The summed E-state index contributed by atoms with van der Waals surface area (Å²) in [6.07, 6.45) is 5.69. The third-order valence-corrected chi connectivity index (χ3v) is 4.21. The van der Waals surface area contributed by atoms with Crippen LogP contribution in [0.5, 0.6) is 0 Å². The van der Waals surface area contributed by atoms with E-state index in [9.17, 15) is 0 Å². The van der Waals surface area contributed by atoms with E-state index in [0.717, 1.165) is 6.42 Å². The van der Waals surface area contributed by atoms with Crippen molar-refractivity contribution in [3.05, 3.63) is 83.3 Å². The molecule has 0 heterocycles.